The van der Waals surface area contributed by atoms with Crippen LogP contribution in [0.3, 0.4) is 0 Å². The Hall–Kier alpha value is -2.74. The summed E-state index contributed by atoms with van der Waals surface area (Å²) in [4.78, 5) is 25.5. The van der Waals surface area contributed by atoms with Crippen LogP contribution in [0, 0.1) is 17.3 Å². The summed E-state index contributed by atoms with van der Waals surface area (Å²) >= 11 is 6.52. The lowest BCUT2D eigenvalue weighted by molar-refractivity contribution is -0.173. The van der Waals surface area contributed by atoms with Gasteiger partial charge in [0.15, 0.2) is 11.5 Å². The molecule has 4 fully saturated rings. The molecule has 4 aliphatic carbocycles. The lowest BCUT2D eigenvalue weighted by Gasteiger charge is -2.60. The number of nitrogens with one attached hydrogen (secondary N) is 1. The van der Waals surface area contributed by atoms with E-state index in [2.05, 4.69) is 10.4 Å². The molecule has 8 nitrogen and oxygen atoms in total. The summed E-state index contributed by atoms with van der Waals surface area (Å²) < 4.78 is 12.1. The Bertz CT molecular complexity index is 1170. The minimum atomic E-state index is -0.742. The topological polar surface area (TPSA) is 103 Å². The van der Waals surface area contributed by atoms with E-state index in [1.807, 2.05) is 18.2 Å². The average Bonchev–Trinajstić information content (AvgIpc) is 2.80. The van der Waals surface area contributed by atoms with Crippen molar-refractivity contribution in [1.29, 1.82) is 0 Å². The summed E-state index contributed by atoms with van der Waals surface area (Å²) in [6, 6.07) is 5.75. The minimum Gasteiger partial charge on any atom is -0.493 e. The van der Waals surface area contributed by atoms with Gasteiger partial charge in [-0.25, -0.2) is 4.68 Å². The molecular formula is C25H30ClN3O5. The van der Waals surface area contributed by atoms with E-state index in [-0.39, 0.29) is 10.6 Å². The van der Waals surface area contributed by atoms with Crippen molar-refractivity contribution in [3.8, 4) is 11.5 Å². The number of halogens is 1. The van der Waals surface area contributed by atoms with Gasteiger partial charge in [-0.2, -0.15) is 5.10 Å². The molecule has 2 aromatic rings. The molecular weight excluding hydrogens is 458 g/mol. The van der Waals surface area contributed by atoms with Crippen LogP contribution in [0.4, 0.5) is 5.69 Å². The molecule has 2 atom stereocenters. The Kier molecular flexibility index (Phi) is 5.74. The number of aliphatic carboxylic acids is 1. The highest BCUT2D eigenvalue weighted by Crippen LogP contribution is 2.63. The zero-order chi connectivity index (χ0) is 24.1. The summed E-state index contributed by atoms with van der Waals surface area (Å²) in [6.45, 7) is 0.553. The molecule has 0 saturated heterocycles. The molecule has 6 rings (SSSR count). The minimum absolute atomic E-state index is 0.0995. The first kappa shape index (κ1) is 23.0. The Morgan fingerprint density at radius 3 is 2.56 bits per heavy atom. The van der Waals surface area contributed by atoms with Crippen molar-refractivity contribution in [1.82, 2.24) is 9.78 Å². The van der Waals surface area contributed by atoms with Crippen molar-refractivity contribution in [3.63, 3.8) is 0 Å². The third kappa shape index (κ3) is 3.72. The first-order valence-corrected chi connectivity index (χ1v) is 12.1. The smallest absolute Gasteiger partial charge is 0.309 e. The molecule has 4 bridgehead atoms. The summed E-state index contributed by atoms with van der Waals surface area (Å²) in [7, 11) is 3.20. The van der Waals surface area contributed by atoms with E-state index in [0.717, 1.165) is 24.8 Å². The number of ether oxygens (including phenoxy) is 2. The molecule has 4 saturated carbocycles. The van der Waals surface area contributed by atoms with Crippen LogP contribution < -0.4 is 20.3 Å². The molecule has 1 aromatic heterocycles. The fraction of sp³-hybridized carbons (Fsp3) is 0.560. The fourth-order valence-electron chi connectivity index (χ4n) is 6.98. The van der Waals surface area contributed by atoms with Gasteiger partial charge in [0.25, 0.3) is 5.56 Å². The van der Waals surface area contributed by atoms with Gasteiger partial charge >= 0.3 is 5.97 Å². The van der Waals surface area contributed by atoms with Crippen LogP contribution in [0.25, 0.3) is 0 Å². The highest BCUT2D eigenvalue weighted by atomic mass is 35.5. The van der Waals surface area contributed by atoms with Crippen molar-refractivity contribution in [3.05, 3.63) is 45.3 Å². The van der Waals surface area contributed by atoms with Crippen LogP contribution in [0.15, 0.2) is 29.2 Å². The number of hydrogen-bond acceptors (Lipinski definition) is 6. The number of nitrogens with zero attached hydrogens (tertiary/aromatic N) is 2. The molecule has 0 unspecified atom stereocenters. The van der Waals surface area contributed by atoms with E-state index in [4.69, 9.17) is 21.1 Å². The Morgan fingerprint density at radius 2 is 1.91 bits per heavy atom. The quantitative estimate of drug-likeness (QED) is 0.581. The lowest BCUT2D eigenvalue weighted by Crippen LogP contribution is -2.61. The van der Waals surface area contributed by atoms with Gasteiger partial charge in [0.1, 0.15) is 5.02 Å². The molecule has 0 radical (unpaired) electrons. The van der Waals surface area contributed by atoms with E-state index < -0.39 is 16.9 Å². The van der Waals surface area contributed by atoms with Crippen molar-refractivity contribution in [2.75, 3.05) is 26.1 Å². The van der Waals surface area contributed by atoms with Crippen molar-refractivity contribution < 1.29 is 19.4 Å². The molecule has 2 N–H and O–H groups in total. The average molecular weight is 488 g/mol. The summed E-state index contributed by atoms with van der Waals surface area (Å²) in [6.07, 6.45) is 6.81. The van der Waals surface area contributed by atoms with E-state index in [1.165, 1.54) is 4.68 Å². The summed E-state index contributed by atoms with van der Waals surface area (Å²) in [5, 5.41) is 17.8. The van der Waals surface area contributed by atoms with Crippen LogP contribution in [0.2, 0.25) is 5.02 Å². The normalized spacial score (nSPS) is 29.1. The highest BCUT2D eigenvalue weighted by Gasteiger charge is 2.62. The number of hydrogen-bond donors (Lipinski definition) is 2. The Balaban J connectivity index is 1.34. The third-order valence-corrected chi connectivity index (χ3v) is 8.39. The van der Waals surface area contributed by atoms with Gasteiger partial charge in [0.05, 0.1) is 37.1 Å². The number of methoxy groups -OCH3 is 2. The second kappa shape index (κ2) is 8.48. The lowest BCUT2D eigenvalue weighted by atomic mass is 9.47. The van der Waals surface area contributed by atoms with Crippen LogP contribution in [0.1, 0.15) is 44.1 Å². The number of anilines is 1. The molecule has 182 valence electrons. The number of carboxylic acids is 1. The first-order chi connectivity index (χ1) is 16.3. The maximum absolute atomic E-state index is 13.3. The number of aromatic nitrogens is 2. The maximum Gasteiger partial charge on any atom is 0.309 e. The van der Waals surface area contributed by atoms with Crippen LogP contribution in [-0.2, 0) is 16.8 Å². The fourth-order valence-corrected chi connectivity index (χ4v) is 7.18. The zero-order valence-electron chi connectivity index (χ0n) is 19.5. The standard InChI is InChI=1S/C25H30ClN3O5/c1-33-19-4-3-15(8-20(19)34-2)5-6-27-18-13-28-29(22(30)21(18)26)25-11-16-7-17(12-25)10-24(9-16,14-25)23(31)32/h3-4,8,13,16-17,27H,5-7,9-12,14H2,1-2H3,(H,31,32)/t16-,17-,24?,25?/m1/s1. The van der Waals surface area contributed by atoms with E-state index >= 15 is 0 Å². The van der Waals surface area contributed by atoms with Gasteiger partial charge in [-0.1, -0.05) is 17.7 Å². The molecule has 1 heterocycles. The summed E-state index contributed by atoms with van der Waals surface area (Å²) in [5.74, 6) is 1.24. The number of benzene rings is 1. The van der Waals surface area contributed by atoms with Crippen LogP contribution in [-0.4, -0.2) is 41.6 Å². The Labute approximate surface area is 203 Å². The van der Waals surface area contributed by atoms with Crippen LogP contribution >= 0.6 is 11.6 Å². The predicted octanol–water partition coefficient (Wildman–Crippen LogP) is 3.95. The predicted molar refractivity (Wildman–Crippen MR) is 128 cm³/mol. The molecule has 34 heavy (non-hydrogen) atoms. The van der Waals surface area contributed by atoms with E-state index in [0.29, 0.717) is 61.3 Å². The largest absolute Gasteiger partial charge is 0.493 e. The molecule has 0 spiro atoms. The van der Waals surface area contributed by atoms with Crippen LogP contribution in [0.5, 0.6) is 11.5 Å². The summed E-state index contributed by atoms with van der Waals surface area (Å²) in [5.41, 5.74) is -0.105. The molecule has 0 amide bonds. The second-order valence-corrected chi connectivity index (χ2v) is 10.6. The molecule has 9 heteroatoms. The van der Waals surface area contributed by atoms with Gasteiger partial charge in [-0.05, 0) is 74.5 Å². The van der Waals surface area contributed by atoms with E-state index in [9.17, 15) is 14.7 Å². The number of carbonyl (C=O) groups is 1. The second-order valence-electron chi connectivity index (χ2n) is 10.2. The monoisotopic (exact) mass is 487 g/mol. The van der Waals surface area contributed by atoms with Gasteiger partial charge in [-0.3, -0.25) is 9.59 Å². The van der Waals surface area contributed by atoms with Gasteiger partial charge in [0, 0.05) is 6.54 Å². The Morgan fingerprint density at radius 1 is 1.21 bits per heavy atom. The molecule has 4 aliphatic rings. The van der Waals surface area contributed by atoms with Gasteiger partial charge in [-0.15, -0.1) is 0 Å². The highest BCUT2D eigenvalue weighted by molar-refractivity contribution is 6.32. The van der Waals surface area contributed by atoms with Gasteiger partial charge in [0.2, 0.25) is 0 Å². The number of carboxylic acid groups (broad SMARTS) is 1. The SMILES string of the molecule is COc1ccc(CCNc2cnn(C34C[C@@H]5C[C@H](CC(C(=O)O)(C5)C3)C4)c(=O)c2Cl)cc1OC. The first-order valence-electron chi connectivity index (χ1n) is 11.8. The third-order valence-electron chi connectivity index (χ3n) is 8.03. The van der Waals surface area contributed by atoms with Crippen molar-refractivity contribution in [2.24, 2.45) is 17.3 Å². The van der Waals surface area contributed by atoms with Crippen molar-refractivity contribution in [2.45, 2.75) is 50.5 Å². The molecule has 1 aromatic carbocycles. The maximum atomic E-state index is 13.3. The zero-order valence-corrected chi connectivity index (χ0v) is 20.2. The van der Waals surface area contributed by atoms with E-state index in [1.54, 1.807) is 20.4 Å². The molecule has 0 aliphatic heterocycles. The van der Waals surface area contributed by atoms with Gasteiger partial charge < -0.3 is 19.9 Å². The van der Waals surface area contributed by atoms with Crippen molar-refractivity contribution >= 4 is 23.3 Å². The number of rotatable bonds is 8.